The third-order valence-corrected chi connectivity index (χ3v) is 5.73. The number of hydrogen-bond acceptors (Lipinski definition) is 3. The van der Waals surface area contributed by atoms with Crippen molar-refractivity contribution in [2.24, 2.45) is 0 Å². The number of aryl methyl sites for hydroxylation is 2. The summed E-state index contributed by atoms with van der Waals surface area (Å²) < 4.78 is 0. The maximum Gasteiger partial charge on any atom is 0.238 e. The Morgan fingerprint density at radius 2 is 2.00 bits per heavy atom. The van der Waals surface area contributed by atoms with E-state index in [1.54, 1.807) is 0 Å². The van der Waals surface area contributed by atoms with Crippen molar-refractivity contribution in [3.63, 3.8) is 0 Å². The molecule has 2 aromatic rings. The summed E-state index contributed by atoms with van der Waals surface area (Å²) in [5.41, 5.74) is 4.35. The zero-order chi connectivity index (χ0) is 16.5. The van der Waals surface area contributed by atoms with E-state index in [-0.39, 0.29) is 18.2 Å². The number of nitrogens with one attached hydrogen (secondary N) is 2. The van der Waals surface area contributed by atoms with Crippen LogP contribution in [0.15, 0.2) is 47.4 Å². The smallest absolute Gasteiger partial charge is 0.238 e. The predicted molar refractivity (Wildman–Crippen MR) is 96.4 cm³/mol. The third-order valence-electron chi connectivity index (χ3n) is 4.46. The summed E-state index contributed by atoms with van der Waals surface area (Å²) in [5.74, 6) is -0.234. The van der Waals surface area contributed by atoms with E-state index in [0.717, 1.165) is 29.1 Å². The molecule has 24 heavy (non-hydrogen) atoms. The van der Waals surface area contributed by atoms with Gasteiger partial charge in [-0.25, -0.2) is 0 Å². The Bertz CT molecular complexity index is 819. The van der Waals surface area contributed by atoms with Gasteiger partial charge in [-0.3, -0.25) is 9.59 Å². The van der Waals surface area contributed by atoms with Crippen LogP contribution in [0, 0.1) is 0 Å². The van der Waals surface area contributed by atoms with Crippen LogP contribution in [0.3, 0.4) is 0 Å². The third kappa shape index (κ3) is 3.04. The average molecular weight is 338 g/mol. The minimum Gasteiger partial charge on any atom is -0.326 e. The van der Waals surface area contributed by atoms with Crippen LogP contribution in [0.4, 0.5) is 11.4 Å². The van der Waals surface area contributed by atoms with Gasteiger partial charge in [0.15, 0.2) is 0 Å². The maximum atomic E-state index is 12.3. The number of carbonyl (C=O) groups excluding carboxylic acids is 2. The van der Waals surface area contributed by atoms with Gasteiger partial charge in [0.2, 0.25) is 11.8 Å². The van der Waals surface area contributed by atoms with Crippen LogP contribution in [-0.4, -0.2) is 17.1 Å². The molecule has 122 valence electrons. The van der Waals surface area contributed by atoms with Crippen molar-refractivity contribution in [2.75, 3.05) is 10.6 Å². The molecule has 0 bridgehead atoms. The molecule has 0 spiro atoms. The second kappa shape index (κ2) is 6.32. The van der Waals surface area contributed by atoms with E-state index >= 15 is 0 Å². The van der Waals surface area contributed by atoms with Crippen molar-refractivity contribution in [3.05, 3.63) is 53.6 Å². The van der Waals surface area contributed by atoms with E-state index in [1.807, 2.05) is 30.3 Å². The van der Waals surface area contributed by atoms with Crippen LogP contribution in [0.5, 0.6) is 0 Å². The molecule has 1 atom stereocenters. The van der Waals surface area contributed by atoms with Gasteiger partial charge in [0.05, 0.1) is 10.9 Å². The Labute approximate surface area is 145 Å². The highest BCUT2D eigenvalue weighted by Crippen LogP contribution is 2.36. The molecule has 0 saturated carbocycles. The fourth-order valence-corrected chi connectivity index (χ4v) is 4.37. The Kier molecular flexibility index (Phi) is 4.02. The number of thioether (sulfide) groups is 1. The van der Waals surface area contributed by atoms with Crippen LogP contribution in [0.2, 0.25) is 0 Å². The highest BCUT2D eigenvalue weighted by atomic mass is 32.2. The highest BCUT2D eigenvalue weighted by Gasteiger charge is 2.28. The molecule has 0 unspecified atom stereocenters. The van der Waals surface area contributed by atoms with E-state index in [2.05, 4.69) is 22.8 Å². The van der Waals surface area contributed by atoms with Gasteiger partial charge in [0.25, 0.3) is 0 Å². The molecule has 0 fully saturated rings. The summed E-state index contributed by atoms with van der Waals surface area (Å²) in [7, 11) is 0. The van der Waals surface area contributed by atoms with Gasteiger partial charge in [-0.2, -0.15) is 0 Å². The van der Waals surface area contributed by atoms with Crippen molar-refractivity contribution in [2.45, 2.75) is 35.8 Å². The number of rotatable bonds is 3. The molecule has 1 heterocycles. The topological polar surface area (TPSA) is 58.2 Å². The maximum absolute atomic E-state index is 12.3. The lowest BCUT2D eigenvalue weighted by molar-refractivity contribution is -0.120. The summed E-state index contributed by atoms with van der Waals surface area (Å²) in [6.07, 6.45) is 3.56. The van der Waals surface area contributed by atoms with Gasteiger partial charge in [-0.1, -0.05) is 18.2 Å². The lowest BCUT2D eigenvalue weighted by Crippen LogP contribution is -2.32. The molecule has 0 saturated heterocycles. The van der Waals surface area contributed by atoms with Crippen molar-refractivity contribution >= 4 is 35.0 Å². The number of hydrogen-bond donors (Lipinski definition) is 2. The van der Waals surface area contributed by atoms with Gasteiger partial charge in [0, 0.05) is 17.0 Å². The number of benzene rings is 2. The van der Waals surface area contributed by atoms with E-state index in [9.17, 15) is 9.59 Å². The normalized spacial score (nSPS) is 18.5. The predicted octanol–water partition coefficient (Wildman–Crippen LogP) is 3.62. The number of amides is 2. The highest BCUT2D eigenvalue weighted by molar-refractivity contribution is 8.01. The van der Waals surface area contributed by atoms with Crippen LogP contribution in [-0.2, 0) is 22.4 Å². The zero-order valence-corrected chi connectivity index (χ0v) is 14.0. The lowest BCUT2D eigenvalue weighted by atomic mass is 10.1. The van der Waals surface area contributed by atoms with Crippen LogP contribution in [0.25, 0.3) is 0 Å². The van der Waals surface area contributed by atoms with E-state index < -0.39 is 5.25 Å². The van der Waals surface area contributed by atoms with Gasteiger partial charge < -0.3 is 10.6 Å². The Morgan fingerprint density at radius 3 is 2.92 bits per heavy atom. The summed E-state index contributed by atoms with van der Waals surface area (Å²) in [6, 6.07) is 13.8. The number of carbonyl (C=O) groups is 2. The Balaban J connectivity index is 1.42. The zero-order valence-electron chi connectivity index (χ0n) is 13.2. The molecule has 4 nitrogen and oxygen atoms in total. The Morgan fingerprint density at radius 1 is 1.17 bits per heavy atom. The molecule has 5 heteroatoms. The fraction of sp³-hybridized carbons (Fsp3) is 0.263. The van der Waals surface area contributed by atoms with E-state index in [0.29, 0.717) is 0 Å². The first-order valence-electron chi connectivity index (χ1n) is 8.17. The summed E-state index contributed by atoms with van der Waals surface area (Å²) >= 11 is 1.45. The van der Waals surface area contributed by atoms with E-state index in [1.165, 1.54) is 29.3 Å². The second-order valence-corrected chi connectivity index (χ2v) is 7.43. The Hall–Kier alpha value is -2.27. The molecule has 4 rings (SSSR count). The first-order chi connectivity index (χ1) is 11.7. The molecule has 2 aromatic carbocycles. The van der Waals surface area contributed by atoms with Crippen molar-refractivity contribution < 1.29 is 9.59 Å². The monoisotopic (exact) mass is 338 g/mol. The largest absolute Gasteiger partial charge is 0.326 e. The van der Waals surface area contributed by atoms with Crippen molar-refractivity contribution in [1.82, 2.24) is 0 Å². The number of para-hydroxylation sites is 1. The molecular formula is C19H18N2O2S. The lowest BCUT2D eigenvalue weighted by Gasteiger charge is -2.23. The quantitative estimate of drug-likeness (QED) is 0.899. The van der Waals surface area contributed by atoms with Crippen molar-refractivity contribution in [1.29, 1.82) is 0 Å². The SMILES string of the molecule is O=C(C[C@H]1Sc2ccccc2NC1=O)Nc1ccc2c(c1)CCC2. The molecule has 2 amide bonds. The molecule has 0 radical (unpaired) electrons. The van der Waals surface area contributed by atoms with Crippen LogP contribution >= 0.6 is 11.8 Å². The fourth-order valence-electron chi connectivity index (χ4n) is 3.26. The van der Waals surface area contributed by atoms with Crippen molar-refractivity contribution in [3.8, 4) is 0 Å². The standard InChI is InChI=1S/C19H18N2O2S/c22-18(20-14-9-8-12-4-3-5-13(12)10-14)11-17-19(23)21-15-6-1-2-7-16(15)24-17/h1-2,6-10,17H,3-5,11H2,(H,20,22)(H,21,23)/t17-/m1/s1. The number of fused-ring (bicyclic) bond motifs is 2. The first-order valence-corrected chi connectivity index (χ1v) is 9.05. The summed E-state index contributed by atoms with van der Waals surface area (Å²) in [6.45, 7) is 0. The van der Waals surface area contributed by atoms with E-state index in [4.69, 9.17) is 0 Å². The molecular weight excluding hydrogens is 320 g/mol. The van der Waals surface area contributed by atoms with Gasteiger partial charge >= 0.3 is 0 Å². The molecule has 1 aliphatic heterocycles. The van der Waals surface area contributed by atoms with Gasteiger partial charge in [-0.05, 0) is 54.7 Å². The van der Waals surface area contributed by atoms with Gasteiger partial charge in [-0.15, -0.1) is 11.8 Å². The summed E-state index contributed by atoms with van der Waals surface area (Å²) in [4.78, 5) is 25.5. The minimum atomic E-state index is -0.394. The average Bonchev–Trinajstić information content (AvgIpc) is 3.03. The molecule has 1 aliphatic carbocycles. The second-order valence-electron chi connectivity index (χ2n) is 6.18. The van der Waals surface area contributed by atoms with Gasteiger partial charge in [0.1, 0.15) is 0 Å². The summed E-state index contributed by atoms with van der Waals surface area (Å²) in [5, 5.41) is 5.41. The number of anilines is 2. The first kappa shape index (κ1) is 15.3. The molecule has 0 aromatic heterocycles. The van der Waals surface area contributed by atoms with Crippen LogP contribution < -0.4 is 10.6 Å². The van der Waals surface area contributed by atoms with Crippen LogP contribution in [0.1, 0.15) is 24.0 Å². The molecule has 2 aliphatic rings. The minimum absolute atomic E-state index is 0.109. The molecule has 2 N–H and O–H groups in total.